The van der Waals surface area contributed by atoms with Gasteiger partial charge in [-0.2, -0.15) is 8.78 Å². The van der Waals surface area contributed by atoms with Crippen LogP contribution in [0.2, 0.25) is 0 Å². The lowest BCUT2D eigenvalue weighted by Gasteiger charge is -2.33. The Labute approximate surface area is 145 Å². The van der Waals surface area contributed by atoms with Crippen LogP contribution in [0.1, 0.15) is 37.2 Å². The van der Waals surface area contributed by atoms with Crippen molar-refractivity contribution in [1.82, 2.24) is 0 Å². The lowest BCUT2D eigenvalue weighted by Crippen LogP contribution is -2.42. The molecule has 1 amide bonds. The third kappa shape index (κ3) is 4.03. The molecule has 0 spiro atoms. The Morgan fingerprint density at radius 3 is 2.12 bits per heavy atom. The zero-order valence-electron chi connectivity index (χ0n) is 13.7. The fourth-order valence-corrected chi connectivity index (χ4v) is 3.45. The van der Waals surface area contributed by atoms with Gasteiger partial charge in [0.2, 0.25) is 0 Å². The lowest BCUT2D eigenvalue weighted by atomic mass is 9.76. The molecule has 25 heavy (non-hydrogen) atoms. The molecule has 0 bridgehead atoms. The minimum absolute atomic E-state index is 0.170. The van der Waals surface area contributed by atoms with Gasteiger partial charge in [0.1, 0.15) is 5.82 Å². The zero-order valence-corrected chi connectivity index (χ0v) is 13.7. The van der Waals surface area contributed by atoms with Gasteiger partial charge in [-0.1, -0.05) is 30.3 Å². The van der Waals surface area contributed by atoms with Crippen molar-refractivity contribution in [1.29, 1.82) is 0 Å². The van der Waals surface area contributed by atoms with E-state index in [0.29, 0.717) is 25.7 Å². The molecule has 1 aliphatic rings. The van der Waals surface area contributed by atoms with Crippen LogP contribution in [-0.2, 0) is 4.79 Å². The SMILES string of the molecule is O=C(Nc1ccc(F)cc1)C(F)(F)C1CCC(c2ccccc2)CC1. The van der Waals surface area contributed by atoms with Crippen molar-refractivity contribution in [2.24, 2.45) is 5.92 Å². The number of benzene rings is 2. The molecular weight excluding hydrogens is 327 g/mol. The van der Waals surface area contributed by atoms with Crippen LogP contribution in [0.5, 0.6) is 0 Å². The first-order chi connectivity index (χ1) is 12.0. The smallest absolute Gasteiger partial charge is 0.321 e. The summed E-state index contributed by atoms with van der Waals surface area (Å²) in [7, 11) is 0. The summed E-state index contributed by atoms with van der Waals surface area (Å²) in [6.07, 6.45) is 1.91. The van der Waals surface area contributed by atoms with Crippen molar-refractivity contribution in [3.8, 4) is 0 Å². The summed E-state index contributed by atoms with van der Waals surface area (Å²) in [5.74, 6) is -5.93. The number of hydrogen-bond donors (Lipinski definition) is 1. The van der Waals surface area contributed by atoms with Crippen LogP contribution < -0.4 is 5.32 Å². The van der Waals surface area contributed by atoms with Crippen LogP contribution in [0, 0.1) is 11.7 Å². The Bertz CT molecular complexity index is 707. The maximum Gasteiger partial charge on any atom is 0.327 e. The monoisotopic (exact) mass is 347 g/mol. The van der Waals surface area contributed by atoms with Gasteiger partial charge in [-0.3, -0.25) is 4.79 Å². The molecule has 132 valence electrons. The van der Waals surface area contributed by atoms with E-state index in [1.807, 2.05) is 30.3 Å². The third-order valence-corrected chi connectivity index (χ3v) is 4.92. The van der Waals surface area contributed by atoms with E-state index in [1.165, 1.54) is 17.7 Å². The number of nitrogens with one attached hydrogen (secondary N) is 1. The number of hydrogen-bond acceptors (Lipinski definition) is 1. The van der Waals surface area contributed by atoms with E-state index in [4.69, 9.17) is 0 Å². The summed E-state index contributed by atoms with van der Waals surface area (Å²) in [5.41, 5.74) is 1.34. The van der Waals surface area contributed by atoms with E-state index in [1.54, 1.807) is 0 Å². The van der Waals surface area contributed by atoms with Gasteiger partial charge < -0.3 is 5.32 Å². The molecule has 1 aliphatic carbocycles. The molecule has 0 heterocycles. The number of alkyl halides is 2. The second-order valence-corrected chi connectivity index (χ2v) is 6.54. The Morgan fingerprint density at radius 2 is 1.52 bits per heavy atom. The molecule has 0 saturated heterocycles. The predicted octanol–water partition coefficient (Wildman–Crippen LogP) is 5.37. The molecule has 1 N–H and O–H groups in total. The van der Waals surface area contributed by atoms with Crippen LogP contribution in [0.3, 0.4) is 0 Å². The topological polar surface area (TPSA) is 29.1 Å². The maximum absolute atomic E-state index is 14.5. The van der Waals surface area contributed by atoms with Crippen LogP contribution in [0.25, 0.3) is 0 Å². The number of amides is 1. The second kappa shape index (κ2) is 7.30. The highest BCUT2D eigenvalue weighted by molar-refractivity contribution is 5.96. The number of anilines is 1. The quantitative estimate of drug-likeness (QED) is 0.791. The van der Waals surface area contributed by atoms with Crippen LogP contribution in [-0.4, -0.2) is 11.8 Å². The summed E-state index contributed by atoms with van der Waals surface area (Å²) in [4.78, 5) is 12.0. The van der Waals surface area contributed by atoms with E-state index in [-0.39, 0.29) is 11.6 Å². The number of rotatable bonds is 4. The summed E-state index contributed by atoms with van der Waals surface area (Å²) >= 11 is 0. The second-order valence-electron chi connectivity index (χ2n) is 6.54. The van der Waals surface area contributed by atoms with Gasteiger partial charge in [0.15, 0.2) is 0 Å². The Hall–Kier alpha value is -2.30. The van der Waals surface area contributed by atoms with Crippen LogP contribution in [0.4, 0.5) is 18.9 Å². The van der Waals surface area contributed by atoms with Gasteiger partial charge in [0, 0.05) is 11.6 Å². The first-order valence-corrected chi connectivity index (χ1v) is 8.46. The van der Waals surface area contributed by atoms with Crippen LogP contribution >= 0.6 is 0 Å². The van der Waals surface area contributed by atoms with Crippen molar-refractivity contribution < 1.29 is 18.0 Å². The normalized spacial score (nSPS) is 20.9. The van der Waals surface area contributed by atoms with E-state index in [2.05, 4.69) is 5.32 Å². The highest BCUT2D eigenvalue weighted by atomic mass is 19.3. The maximum atomic E-state index is 14.5. The molecule has 2 aromatic rings. The zero-order chi connectivity index (χ0) is 17.9. The molecule has 5 heteroatoms. The minimum Gasteiger partial charge on any atom is -0.321 e. The van der Waals surface area contributed by atoms with Crippen molar-refractivity contribution in [3.63, 3.8) is 0 Å². The molecule has 1 saturated carbocycles. The standard InChI is InChI=1S/C20H20F3NO/c21-17-10-12-18(13-11-17)24-19(25)20(22,23)16-8-6-15(7-9-16)14-4-2-1-3-5-14/h1-5,10-13,15-16H,6-9H2,(H,24,25). The number of halogens is 3. The van der Waals surface area contributed by atoms with E-state index >= 15 is 0 Å². The first-order valence-electron chi connectivity index (χ1n) is 8.46. The van der Waals surface area contributed by atoms with E-state index in [9.17, 15) is 18.0 Å². The Kier molecular flexibility index (Phi) is 5.11. The van der Waals surface area contributed by atoms with E-state index in [0.717, 1.165) is 12.1 Å². The first kappa shape index (κ1) is 17.5. The van der Waals surface area contributed by atoms with Crippen molar-refractivity contribution >= 4 is 11.6 Å². The van der Waals surface area contributed by atoms with Gasteiger partial charge in [0.05, 0.1) is 0 Å². The summed E-state index contributed by atoms with van der Waals surface area (Å²) in [6, 6.07) is 14.7. The number of carbonyl (C=O) groups is 1. The third-order valence-electron chi connectivity index (χ3n) is 4.92. The van der Waals surface area contributed by atoms with Crippen molar-refractivity contribution in [2.75, 3.05) is 5.32 Å². The largest absolute Gasteiger partial charge is 0.327 e. The minimum atomic E-state index is -3.43. The molecular formula is C20H20F3NO. The molecule has 1 fully saturated rings. The predicted molar refractivity (Wildman–Crippen MR) is 91.1 cm³/mol. The highest BCUT2D eigenvalue weighted by Crippen LogP contribution is 2.42. The Balaban J connectivity index is 1.61. The molecule has 2 aromatic carbocycles. The average Bonchev–Trinajstić information content (AvgIpc) is 2.64. The molecule has 0 radical (unpaired) electrons. The average molecular weight is 347 g/mol. The van der Waals surface area contributed by atoms with Gasteiger partial charge >= 0.3 is 5.92 Å². The van der Waals surface area contributed by atoms with E-state index < -0.39 is 23.6 Å². The molecule has 0 atom stereocenters. The van der Waals surface area contributed by atoms with Crippen molar-refractivity contribution in [3.05, 3.63) is 66.0 Å². The van der Waals surface area contributed by atoms with Crippen molar-refractivity contribution in [2.45, 2.75) is 37.5 Å². The van der Waals surface area contributed by atoms with Gasteiger partial charge in [-0.25, -0.2) is 4.39 Å². The van der Waals surface area contributed by atoms with Crippen LogP contribution in [0.15, 0.2) is 54.6 Å². The molecule has 0 unspecified atom stereocenters. The lowest BCUT2D eigenvalue weighted by molar-refractivity contribution is -0.150. The Morgan fingerprint density at radius 1 is 0.920 bits per heavy atom. The highest BCUT2D eigenvalue weighted by Gasteiger charge is 2.48. The van der Waals surface area contributed by atoms with Gasteiger partial charge in [-0.15, -0.1) is 0 Å². The summed E-state index contributed by atoms with van der Waals surface area (Å²) < 4.78 is 41.9. The molecule has 3 rings (SSSR count). The molecule has 2 nitrogen and oxygen atoms in total. The van der Waals surface area contributed by atoms with Gasteiger partial charge in [0.25, 0.3) is 5.91 Å². The van der Waals surface area contributed by atoms with Gasteiger partial charge in [-0.05, 0) is 61.4 Å². The molecule has 0 aliphatic heterocycles. The summed E-state index contributed by atoms with van der Waals surface area (Å²) in [5, 5.41) is 2.19. The number of carbonyl (C=O) groups excluding carboxylic acids is 1. The fourth-order valence-electron chi connectivity index (χ4n) is 3.45. The summed E-state index contributed by atoms with van der Waals surface area (Å²) in [6.45, 7) is 0. The molecule has 0 aromatic heterocycles. The fraction of sp³-hybridized carbons (Fsp3) is 0.350.